The fraction of sp³-hybridized carbons (Fsp3) is 0.750. The number of thiophene rings is 1. The zero-order valence-electron chi connectivity index (χ0n) is 16.2. The molecular weight excluding hydrogens is 344 g/mol. The van der Waals surface area contributed by atoms with Gasteiger partial charge in [-0.25, -0.2) is 4.79 Å². The number of hydrogen-bond acceptors (Lipinski definition) is 4. The highest BCUT2D eigenvalue weighted by atomic mass is 32.1. The molecule has 0 radical (unpaired) electrons. The van der Waals surface area contributed by atoms with Crippen molar-refractivity contribution >= 4 is 17.4 Å². The van der Waals surface area contributed by atoms with Crippen LogP contribution in [0.1, 0.15) is 56.9 Å². The van der Waals surface area contributed by atoms with Gasteiger partial charge in [-0.15, -0.1) is 11.3 Å². The topological polar surface area (TPSA) is 47.6 Å². The number of amides is 2. The molecule has 0 unspecified atom stereocenters. The molecule has 1 aromatic rings. The lowest BCUT2D eigenvalue weighted by molar-refractivity contribution is 0.0862. The highest BCUT2D eigenvalue weighted by molar-refractivity contribution is 7.10. The number of piperazine rings is 1. The van der Waals surface area contributed by atoms with Crippen LogP contribution >= 0.6 is 11.3 Å². The SMILES string of the molecule is CCN1CCN([C@@H](c2cccs2)[C@@H](C)NC(=O)NC2CCCCC2)CC1. The predicted octanol–water partition coefficient (Wildman–Crippen LogP) is 3.45. The maximum atomic E-state index is 12.5. The maximum Gasteiger partial charge on any atom is 0.315 e. The number of carbonyl (C=O) groups is 1. The van der Waals surface area contributed by atoms with E-state index in [9.17, 15) is 4.79 Å². The first-order valence-electron chi connectivity index (χ1n) is 10.2. The molecule has 2 aliphatic rings. The number of nitrogens with zero attached hydrogens (tertiary/aromatic N) is 2. The Morgan fingerprint density at radius 2 is 1.96 bits per heavy atom. The van der Waals surface area contributed by atoms with Gasteiger partial charge in [-0.05, 0) is 37.8 Å². The number of urea groups is 1. The van der Waals surface area contributed by atoms with Crippen molar-refractivity contribution in [2.24, 2.45) is 0 Å². The lowest BCUT2D eigenvalue weighted by Crippen LogP contribution is -2.54. The number of rotatable bonds is 6. The summed E-state index contributed by atoms with van der Waals surface area (Å²) in [5.41, 5.74) is 0. The third kappa shape index (κ3) is 5.21. The lowest BCUT2D eigenvalue weighted by Gasteiger charge is -2.41. The zero-order valence-corrected chi connectivity index (χ0v) is 17.1. The minimum atomic E-state index is -0.00171. The van der Waals surface area contributed by atoms with Crippen molar-refractivity contribution in [3.8, 4) is 0 Å². The molecule has 26 heavy (non-hydrogen) atoms. The molecule has 1 saturated carbocycles. The van der Waals surface area contributed by atoms with Gasteiger partial charge in [-0.1, -0.05) is 32.3 Å². The van der Waals surface area contributed by atoms with Gasteiger partial charge in [0.25, 0.3) is 0 Å². The minimum absolute atomic E-state index is 0.00171. The molecular formula is C20H34N4OS. The van der Waals surface area contributed by atoms with Crippen LogP contribution < -0.4 is 10.6 Å². The summed E-state index contributed by atoms with van der Waals surface area (Å²) < 4.78 is 0. The van der Waals surface area contributed by atoms with Crippen molar-refractivity contribution in [1.82, 2.24) is 20.4 Å². The van der Waals surface area contributed by atoms with E-state index in [-0.39, 0.29) is 18.1 Å². The van der Waals surface area contributed by atoms with Crippen LogP contribution in [0.25, 0.3) is 0 Å². The second kappa shape index (κ2) is 9.72. The van der Waals surface area contributed by atoms with Crippen LogP contribution in [0.15, 0.2) is 17.5 Å². The molecule has 2 N–H and O–H groups in total. The number of hydrogen-bond donors (Lipinski definition) is 2. The molecule has 1 aliphatic heterocycles. The Labute approximate surface area is 162 Å². The Morgan fingerprint density at radius 1 is 1.23 bits per heavy atom. The summed E-state index contributed by atoms with van der Waals surface area (Å²) in [6.07, 6.45) is 6.02. The average molecular weight is 379 g/mol. The molecule has 0 aromatic carbocycles. The largest absolute Gasteiger partial charge is 0.335 e. The first-order valence-corrected chi connectivity index (χ1v) is 11.1. The third-order valence-electron chi connectivity index (χ3n) is 5.85. The highest BCUT2D eigenvalue weighted by Gasteiger charge is 2.30. The Bertz CT molecular complexity index is 536. The summed E-state index contributed by atoms with van der Waals surface area (Å²) in [5.74, 6) is 0. The summed E-state index contributed by atoms with van der Waals surface area (Å²) in [6.45, 7) is 9.84. The fourth-order valence-electron chi connectivity index (χ4n) is 4.32. The van der Waals surface area contributed by atoms with Crippen LogP contribution in [0.3, 0.4) is 0 Å². The fourth-order valence-corrected chi connectivity index (χ4v) is 5.28. The Morgan fingerprint density at radius 3 is 2.58 bits per heavy atom. The molecule has 2 heterocycles. The summed E-state index contributed by atoms with van der Waals surface area (Å²) in [4.78, 5) is 18.9. The number of likely N-dealkylation sites (N-methyl/N-ethyl adjacent to an activating group) is 1. The first kappa shape index (κ1) is 19.6. The van der Waals surface area contributed by atoms with Gasteiger partial charge in [0.2, 0.25) is 0 Å². The van der Waals surface area contributed by atoms with Crippen molar-refractivity contribution in [2.45, 2.75) is 64.1 Å². The van der Waals surface area contributed by atoms with Gasteiger partial charge in [-0.2, -0.15) is 0 Å². The standard InChI is InChI=1S/C20H34N4OS/c1-3-23-11-13-24(14-12-23)19(18-10-7-15-26-18)16(2)21-20(25)22-17-8-5-4-6-9-17/h7,10,15-17,19H,3-6,8-9,11-14H2,1-2H3,(H2,21,22,25)/t16-,19-/m1/s1. The highest BCUT2D eigenvalue weighted by Crippen LogP contribution is 2.29. The van der Waals surface area contributed by atoms with Gasteiger partial charge in [0.15, 0.2) is 0 Å². The van der Waals surface area contributed by atoms with E-state index >= 15 is 0 Å². The molecule has 1 aliphatic carbocycles. The Kier molecular flexibility index (Phi) is 7.34. The van der Waals surface area contributed by atoms with Gasteiger partial charge in [-0.3, -0.25) is 4.90 Å². The van der Waals surface area contributed by atoms with Gasteiger partial charge < -0.3 is 15.5 Å². The normalized spacial score (nSPS) is 22.7. The van der Waals surface area contributed by atoms with Crippen LogP contribution in [0.5, 0.6) is 0 Å². The van der Waals surface area contributed by atoms with Crippen molar-refractivity contribution in [2.75, 3.05) is 32.7 Å². The van der Waals surface area contributed by atoms with Crippen LogP contribution in [0.2, 0.25) is 0 Å². The van der Waals surface area contributed by atoms with E-state index in [1.54, 1.807) is 11.3 Å². The summed E-state index contributed by atoms with van der Waals surface area (Å²) in [5, 5.41) is 8.57. The van der Waals surface area contributed by atoms with E-state index in [0.29, 0.717) is 6.04 Å². The molecule has 0 spiro atoms. The van der Waals surface area contributed by atoms with Crippen LogP contribution in [-0.2, 0) is 0 Å². The van der Waals surface area contributed by atoms with Crippen molar-refractivity contribution in [3.05, 3.63) is 22.4 Å². The molecule has 0 bridgehead atoms. The minimum Gasteiger partial charge on any atom is -0.335 e. The molecule has 1 saturated heterocycles. The zero-order chi connectivity index (χ0) is 18.4. The summed E-state index contributed by atoms with van der Waals surface area (Å²) in [7, 11) is 0. The molecule has 5 nitrogen and oxygen atoms in total. The molecule has 2 fully saturated rings. The molecule has 2 atom stereocenters. The number of nitrogens with one attached hydrogen (secondary N) is 2. The van der Waals surface area contributed by atoms with Crippen molar-refractivity contribution < 1.29 is 4.79 Å². The quantitative estimate of drug-likeness (QED) is 0.797. The molecule has 1 aromatic heterocycles. The maximum absolute atomic E-state index is 12.5. The second-order valence-electron chi connectivity index (χ2n) is 7.67. The van der Waals surface area contributed by atoms with Gasteiger partial charge >= 0.3 is 6.03 Å². The van der Waals surface area contributed by atoms with E-state index < -0.39 is 0 Å². The van der Waals surface area contributed by atoms with Gasteiger partial charge in [0.05, 0.1) is 6.04 Å². The molecule has 3 rings (SSSR count). The smallest absolute Gasteiger partial charge is 0.315 e. The van der Waals surface area contributed by atoms with Crippen LogP contribution in [0, 0.1) is 0 Å². The average Bonchev–Trinajstić information content (AvgIpc) is 3.17. The Hall–Kier alpha value is -1.11. The Balaban J connectivity index is 1.60. The molecule has 6 heteroatoms. The molecule has 2 amide bonds. The van der Waals surface area contributed by atoms with Crippen LogP contribution in [0.4, 0.5) is 4.79 Å². The van der Waals surface area contributed by atoms with E-state index in [1.165, 1.54) is 24.1 Å². The second-order valence-corrected chi connectivity index (χ2v) is 8.65. The van der Waals surface area contributed by atoms with E-state index in [1.807, 2.05) is 0 Å². The monoisotopic (exact) mass is 378 g/mol. The van der Waals surface area contributed by atoms with Crippen molar-refractivity contribution in [1.29, 1.82) is 0 Å². The first-order chi connectivity index (χ1) is 12.7. The van der Waals surface area contributed by atoms with E-state index in [4.69, 9.17) is 0 Å². The molecule has 146 valence electrons. The summed E-state index contributed by atoms with van der Waals surface area (Å²) in [6, 6.07) is 5.02. The van der Waals surface area contributed by atoms with E-state index in [2.05, 4.69) is 51.8 Å². The summed E-state index contributed by atoms with van der Waals surface area (Å²) >= 11 is 1.80. The lowest BCUT2D eigenvalue weighted by atomic mass is 9.96. The number of carbonyl (C=O) groups excluding carboxylic acids is 1. The van der Waals surface area contributed by atoms with Crippen LogP contribution in [-0.4, -0.2) is 60.6 Å². The predicted molar refractivity (Wildman–Crippen MR) is 109 cm³/mol. The third-order valence-corrected chi connectivity index (χ3v) is 6.80. The van der Waals surface area contributed by atoms with Gasteiger partial charge in [0.1, 0.15) is 0 Å². The van der Waals surface area contributed by atoms with Crippen molar-refractivity contribution in [3.63, 3.8) is 0 Å². The van der Waals surface area contributed by atoms with E-state index in [0.717, 1.165) is 45.6 Å². The van der Waals surface area contributed by atoms with Gasteiger partial charge in [0, 0.05) is 43.1 Å².